The minimum Gasteiger partial charge on any atom is -0.508 e. The van der Waals surface area contributed by atoms with E-state index in [4.69, 9.17) is 0 Å². The first kappa shape index (κ1) is 27.8. The number of likely N-dealkylation sites (tertiary alicyclic amines) is 1. The molecule has 0 radical (unpaired) electrons. The smallest absolute Gasteiger partial charge is 0.259 e. The van der Waals surface area contributed by atoms with Gasteiger partial charge in [0, 0.05) is 29.6 Å². The summed E-state index contributed by atoms with van der Waals surface area (Å²) in [6.45, 7) is 4.37. The second-order valence-electron chi connectivity index (χ2n) is 10.9. The second kappa shape index (κ2) is 10.0. The number of carbonyl (C=O) groups is 4. The van der Waals surface area contributed by atoms with Gasteiger partial charge < -0.3 is 19.9 Å². The van der Waals surface area contributed by atoms with Crippen LogP contribution in [-0.2, 0) is 31.0 Å². The Hall–Kier alpha value is -3.74. The molecule has 1 aromatic carbocycles. The highest BCUT2D eigenvalue weighted by molar-refractivity contribution is 7.91. The van der Waals surface area contributed by atoms with Crippen molar-refractivity contribution in [1.29, 1.82) is 0 Å². The Labute approximate surface area is 230 Å². The summed E-state index contributed by atoms with van der Waals surface area (Å²) in [6.07, 6.45) is 2.73. The van der Waals surface area contributed by atoms with Gasteiger partial charge in [0.1, 0.15) is 30.0 Å². The maximum Gasteiger partial charge on any atom is 0.259 e. The van der Waals surface area contributed by atoms with Crippen LogP contribution in [0.4, 0.5) is 4.39 Å². The molecule has 13 heteroatoms. The van der Waals surface area contributed by atoms with E-state index in [-0.39, 0.29) is 43.4 Å². The number of nitrogens with one attached hydrogen (secondary N) is 2. The average Bonchev–Trinajstić information content (AvgIpc) is 3.78. The van der Waals surface area contributed by atoms with Gasteiger partial charge in [-0.2, -0.15) is 0 Å². The molecule has 3 fully saturated rings. The molecule has 214 valence electrons. The van der Waals surface area contributed by atoms with Crippen LogP contribution in [0.1, 0.15) is 49.4 Å². The lowest BCUT2D eigenvalue weighted by atomic mass is 10.1. The number of halogens is 1. The molecule has 5 rings (SSSR count). The van der Waals surface area contributed by atoms with Gasteiger partial charge in [0.05, 0.1) is 17.3 Å². The van der Waals surface area contributed by atoms with Gasteiger partial charge in [0.25, 0.3) is 5.91 Å². The van der Waals surface area contributed by atoms with Crippen LogP contribution >= 0.6 is 0 Å². The van der Waals surface area contributed by atoms with Crippen molar-refractivity contribution in [2.24, 2.45) is 5.92 Å². The summed E-state index contributed by atoms with van der Waals surface area (Å²) in [7, 11) is -3.86. The van der Waals surface area contributed by atoms with Gasteiger partial charge in [-0.3, -0.25) is 23.9 Å². The molecule has 2 aromatic rings. The number of rotatable bonds is 10. The average molecular weight is 575 g/mol. The molecule has 3 N–H and O–H groups in total. The molecule has 1 aromatic heterocycles. The summed E-state index contributed by atoms with van der Waals surface area (Å²) in [5.41, 5.74) is -0.729. The Kier molecular flexibility index (Phi) is 6.97. The predicted molar refractivity (Wildman–Crippen MR) is 143 cm³/mol. The third kappa shape index (κ3) is 5.09. The monoisotopic (exact) mass is 574 g/mol. The number of hydrogen-bond acceptors (Lipinski definition) is 7. The summed E-state index contributed by atoms with van der Waals surface area (Å²) in [6, 6.07) is 3.18. The Morgan fingerprint density at radius 1 is 1.25 bits per heavy atom. The van der Waals surface area contributed by atoms with Gasteiger partial charge in [-0.25, -0.2) is 12.8 Å². The summed E-state index contributed by atoms with van der Waals surface area (Å²) in [4.78, 5) is 53.1. The molecule has 0 spiro atoms. The number of benzene rings is 1. The fourth-order valence-corrected chi connectivity index (χ4v) is 6.89. The van der Waals surface area contributed by atoms with E-state index >= 15 is 0 Å². The number of phenolic OH excluding ortho intramolecular Hbond substituents is 1. The molecule has 2 aliphatic carbocycles. The number of nitrogens with zero attached hydrogens (tertiary/aromatic N) is 2. The van der Waals surface area contributed by atoms with Gasteiger partial charge in [0.2, 0.25) is 21.8 Å². The van der Waals surface area contributed by atoms with Crippen molar-refractivity contribution in [3.05, 3.63) is 42.6 Å². The van der Waals surface area contributed by atoms with Crippen LogP contribution in [0.5, 0.6) is 5.75 Å². The number of allylic oxidation sites excluding steroid dienone is 1. The van der Waals surface area contributed by atoms with Crippen LogP contribution in [-0.4, -0.2) is 76.0 Å². The molecule has 4 atom stereocenters. The van der Waals surface area contributed by atoms with E-state index in [9.17, 15) is 37.1 Å². The lowest BCUT2D eigenvalue weighted by Gasteiger charge is -2.27. The van der Waals surface area contributed by atoms with Crippen LogP contribution in [0.3, 0.4) is 0 Å². The molecular weight excluding hydrogens is 543 g/mol. The van der Waals surface area contributed by atoms with E-state index in [1.54, 1.807) is 12.1 Å². The van der Waals surface area contributed by atoms with E-state index < -0.39 is 50.7 Å². The Bertz CT molecular complexity index is 1530. The van der Waals surface area contributed by atoms with E-state index in [1.165, 1.54) is 29.8 Å². The fourth-order valence-electron chi connectivity index (χ4n) is 5.53. The third-order valence-corrected chi connectivity index (χ3v) is 9.75. The zero-order chi connectivity index (χ0) is 29.0. The van der Waals surface area contributed by atoms with Crippen LogP contribution in [0.25, 0.3) is 10.9 Å². The van der Waals surface area contributed by atoms with Crippen molar-refractivity contribution < 1.29 is 37.1 Å². The lowest BCUT2D eigenvalue weighted by molar-refractivity contribution is -0.140. The number of Topliss-reactive ketones (excluding diaryl/α,β-unsaturated/α-hetero) is 1. The third-order valence-electron chi connectivity index (χ3n) is 7.93. The number of fused-ring (bicyclic) bond motifs is 1. The quantitative estimate of drug-likeness (QED) is 0.287. The van der Waals surface area contributed by atoms with E-state index in [0.29, 0.717) is 35.7 Å². The standard InChI is InChI=1S/C27H31FN4O7S/c1-3-4-16-11-27(16,26(37)30-40(38,39)19-6-7-19)29-25(36)23-9-17(28)12-32(23)24(35)14-31-13-21(15(2)33)20-8-5-18(34)10-22(20)31/h3,5,8,10,13,16-17,19,23,34H,1,4,6-7,9,11-12,14H2,2H3,(H,29,36)(H,30,37)/t16?,17-,23+,27-/m1/s1. The van der Waals surface area contributed by atoms with E-state index in [2.05, 4.69) is 16.6 Å². The van der Waals surface area contributed by atoms with E-state index in [0.717, 1.165) is 4.90 Å². The highest BCUT2D eigenvalue weighted by atomic mass is 32.2. The minimum absolute atomic E-state index is 0.0672. The van der Waals surface area contributed by atoms with Gasteiger partial charge >= 0.3 is 0 Å². The molecule has 0 bridgehead atoms. The molecule has 2 saturated carbocycles. The van der Waals surface area contributed by atoms with Crippen molar-refractivity contribution >= 4 is 44.4 Å². The van der Waals surface area contributed by atoms with Gasteiger partial charge in [-0.1, -0.05) is 6.08 Å². The van der Waals surface area contributed by atoms with Crippen molar-refractivity contribution in [2.75, 3.05) is 6.54 Å². The summed E-state index contributed by atoms with van der Waals surface area (Å²) in [5, 5.41) is 12.5. The minimum atomic E-state index is -3.86. The van der Waals surface area contributed by atoms with Gasteiger partial charge in [-0.15, -0.1) is 6.58 Å². The highest BCUT2D eigenvalue weighted by Crippen LogP contribution is 2.47. The molecule has 1 unspecified atom stereocenters. The number of amides is 3. The highest BCUT2D eigenvalue weighted by Gasteiger charge is 2.62. The molecule has 2 heterocycles. The Morgan fingerprint density at radius 2 is 1.98 bits per heavy atom. The lowest BCUT2D eigenvalue weighted by Crippen LogP contribution is -2.56. The number of aromatic nitrogens is 1. The molecule has 1 aliphatic heterocycles. The van der Waals surface area contributed by atoms with Gasteiger partial charge in [0.15, 0.2) is 5.78 Å². The zero-order valence-electron chi connectivity index (χ0n) is 21.9. The van der Waals surface area contributed by atoms with Gasteiger partial charge in [-0.05, 0) is 50.7 Å². The Balaban J connectivity index is 1.35. The summed E-state index contributed by atoms with van der Waals surface area (Å²) >= 11 is 0. The number of sulfonamides is 1. The first-order valence-electron chi connectivity index (χ1n) is 13.1. The predicted octanol–water partition coefficient (Wildman–Crippen LogP) is 1.55. The molecular formula is C27H31FN4O7S. The molecule has 1 saturated heterocycles. The number of alkyl halides is 1. The SMILES string of the molecule is C=CCC1C[C@]1(NC(=O)[C@@H]1C[C@@H](F)CN1C(=O)Cn1cc(C(C)=O)c2ccc(O)cc21)C(=O)NS(=O)(=O)C1CC1. The van der Waals surface area contributed by atoms with Crippen LogP contribution < -0.4 is 10.0 Å². The fraction of sp³-hybridized carbons (Fsp3) is 0.481. The zero-order valence-corrected chi connectivity index (χ0v) is 22.7. The van der Waals surface area contributed by atoms with Crippen molar-refractivity contribution in [3.63, 3.8) is 0 Å². The summed E-state index contributed by atoms with van der Waals surface area (Å²) < 4.78 is 42.9. The van der Waals surface area contributed by atoms with Crippen LogP contribution in [0, 0.1) is 5.92 Å². The molecule has 3 aliphatic rings. The van der Waals surface area contributed by atoms with E-state index in [1.807, 2.05) is 0 Å². The molecule has 3 amide bonds. The number of hydrogen-bond donors (Lipinski definition) is 3. The largest absolute Gasteiger partial charge is 0.508 e. The number of ketones is 1. The number of phenols is 1. The first-order valence-corrected chi connectivity index (χ1v) is 14.7. The number of carbonyl (C=O) groups excluding carboxylic acids is 4. The molecule has 40 heavy (non-hydrogen) atoms. The van der Waals surface area contributed by atoms with Crippen molar-refractivity contribution in [1.82, 2.24) is 19.5 Å². The Morgan fingerprint density at radius 3 is 2.62 bits per heavy atom. The molecule has 11 nitrogen and oxygen atoms in total. The van der Waals surface area contributed by atoms with Crippen LogP contribution in [0.2, 0.25) is 0 Å². The normalized spacial score (nSPS) is 25.9. The maximum atomic E-state index is 14.6. The van der Waals surface area contributed by atoms with Crippen molar-refractivity contribution in [3.8, 4) is 5.75 Å². The van der Waals surface area contributed by atoms with Crippen LogP contribution in [0.15, 0.2) is 37.1 Å². The van der Waals surface area contributed by atoms with Crippen molar-refractivity contribution in [2.45, 2.75) is 68.6 Å². The maximum absolute atomic E-state index is 14.6. The first-order chi connectivity index (χ1) is 18.9. The second-order valence-corrected chi connectivity index (χ2v) is 12.8. The topological polar surface area (TPSA) is 155 Å². The summed E-state index contributed by atoms with van der Waals surface area (Å²) in [5.74, 6) is -2.89. The number of aromatic hydroxyl groups is 1.